The fraction of sp³-hybridized carbons (Fsp3) is 0.0952. The van der Waals surface area contributed by atoms with Gasteiger partial charge in [0.05, 0.1) is 16.1 Å². The third-order valence-corrected chi connectivity index (χ3v) is 5.62. The number of halogens is 2. The third kappa shape index (κ3) is 5.24. The van der Waals surface area contributed by atoms with Crippen LogP contribution in [0, 0.1) is 11.6 Å². The van der Waals surface area contributed by atoms with Gasteiger partial charge in [-0.05, 0) is 42.3 Å². The van der Waals surface area contributed by atoms with Crippen molar-refractivity contribution in [2.45, 2.75) is 11.3 Å². The van der Waals surface area contributed by atoms with Gasteiger partial charge < -0.3 is 5.32 Å². The fourth-order valence-corrected chi connectivity index (χ4v) is 3.70. The van der Waals surface area contributed by atoms with Crippen LogP contribution in [0.25, 0.3) is 0 Å². The lowest BCUT2D eigenvalue weighted by Gasteiger charge is -2.10. The molecule has 0 aliphatic carbocycles. The van der Waals surface area contributed by atoms with Crippen LogP contribution >= 0.6 is 0 Å². The van der Waals surface area contributed by atoms with E-state index in [4.69, 9.17) is 0 Å². The molecule has 0 fully saturated rings. The highest BCUT2D eigenvalue weighted by Crippen LogP contribution is 2.20. The maximum atomic E-state index is 14.3. The molecule has 3 aromatic carbocycles. The minimum atomic E-state index is -3.92. The number of carbonyl (C=O) groups is 1. The Bertz CT molecular complexity index is 1120. The predicted octanol–water partition coefficient (Wildman–Crippen LogP) is 3.74. The summed E-state index contributed by atoms with van der Waals surface area (Å²) in [7, 11) is -3.92. The van der Waals surface area contributed by atoms with Gasteiger partial charge in [0.15, 0.2) is 0 Å². The van der Waals surface area contributed by atoms with Crippen molar-refractivity contribution in [3.8, 4) is 0 Å². The fourth-order valence-electron chi connectivity index (χ4n) is 2.66. The number of anilines is 1. The second kappa shape index (κ2) is 8.93. The zero-order valence-electron chi connectivity index (χ0n) is 15.2. The van der Waals surface area contributed by atoms with E-state index < -0.39 is 27.6 Å². The standard InChI is InChI=1S/C21H18F2N2O3S/c22-18-9-5-4-8-17(18)21(26)25-20-11-10-16(14-19(20)23)29(27,28)24-13-12-15-6-2-1-3-7-15/h1-11,14,24H,12-13H2,(H,25,26). The quantitative estimate of drug-likeness (QED) is 0.616. The molecule has 0 radical (unpaired) electrons. The third-order valence-electron chi connectivity index (χ3n) is 4.17. The lowest BCUT2D eigenvalue weighted by Crippen LogP contribution is -2.26. The first-order valence-electron chi connectivity index (χ1n) is 8.76. The van der Waals surface area contributed by atoms with E-state index in [9.17, 15) is 22.0 Å². The van der Waals surface area contributed by atoms with E-state index in [2.05, 4.69) is 10.0 Å². The van der Waals surface area contributed by atoms with Gasteiger partial charge in [0, 0.05) is 6.54 Å². The molecule has 1 amide bonds. The molecule has 0 aliphatic rings. The van der Waals surface area contributed by atoms with E-state index in [1.807, 2.05) is 30.3 Å². The summed E-state index contributed by atoms with van der Waals surface area (Å²) in [4.78, 5) is 11.8. The first-order valence-corrected chi connectivity index (χ1v) is 10.2. The second-order valence-electron chi connectivity index (χ2n) is 6.21. The zero-order valence-corrected chi connectivity index (χ0v) is 16.0. The number of rotatable bonds is 7. The van der Waals surface area contributed by atoms with Crippen LogP contribution < -0.4 is 10.0 Å². The van der Waals surface area contributed by atoms with Crippen molar-refractivity contribution >= 4 is 21.6 Å². The van der Waals surface area contributed by atoms with Crippen LogP contribution in [0.4, 0.5) is 14.5 Å². The van der Waals surface area contributed by atoms with E-state index in [-0.39, 0.29) is 22.7 Å². The molecule has 0 aliphatic heterocycles. The van der Waals surface area contributed by atoms with E-state index in [1.165, 1.54) is 24.3 Å². The molecular formula is C21H18F2N2O3S. The topological polar surface area (TPSA) is 75.3 Å². The average molecular weight is 416 g/mol. The van der Waals surface area contributed by atoms with Crippen LogP contribution in [0.1, 0.15) is 15.9 Å². The van der Waals surface area contributed by atoms with Gasteiger partial charge in [0.25, 0.3) is 5.91 Å². The number of hydrogen-bond acceptors (Lipinski definition) is 3. The predicted molar refractivity (Wildman–Crippen MR) is 106 cm³/mol. The van der Waals surface area contributed by atoms with Gasteiger partial charge in [-0.3, -0.25) is 4.79 Å². The van der Waals surface area contributed by atoms with Crippen LogP contribution in [0.15, 0.2) is 77.7 Å². The second-order valence-corrected chi connectivity index (χ2v) is 7.98. The Balaban J connectivity index is 1.68. The molecule has 0 bridgehead atoms. The summed E-state index contributed by atoms with van der Waals surface area (Å²) in [6.45, 7) is 0.153. The molecule has 0 atom stereocenters. The molecule has 0 saturated heterocycles. The van der Waals surface area contributed by atoms with Crippen molar-refractivity contribution < 1.29 is 22.0 Å². The molecule has 0 aromatic heterocycles. The molecule has 8 heteroatoms. The van der Waals surface area contributed by atoms with Crippen molar-refractivity contribution in [2.24, 2.45) is 0 Å². The summed E-state index contributed by atoms with van der Waals surface area (Å²) >= 11 is 0. The van der Waals surface area contributed by atoms with Gasteiger partial charge in [-0.15, -0.1) is 0 Å². The Labute approximate surface area is 167 Å². The molecule has 3 aromatic rings. The van der Waals surface area contributed by atoms with Crippen molar-refractivity contribution in [1.82, 2.24) is 4.72 Å². The number of hydrogen-bond donors (Lipinski definition) is 2. The number of sulfonamides is 1. The maximum absolute atomic E-state index is 14.3. The van der Waals surface area contributed by atoms with E-state index in [0.717, 1.165) is 23.8 Å². The number of benzene rings is 3. The van der Waals surface area contributed by atoms with Crippen molar-refractivity contribution in [3.63, 3.8) is 0 Å². The van der Waals surface area contributed by atoms with Gasteiger partial charge in [-0.25, -0.2) is 21.9 Å². The summed E-state index contributed by atoms with van der Waals surface area (Å²) < 4.78 is 55.1. The van der Waals surface area contributed by atoms with Crippen LogP contribution in [-0.2, 0) is 16.4 Å². The number of carbonyl (C=O) groups excluding carboxylic acids is 1. The van der Waals surface area contributed by atoms with Gasteiger partial charge in [-0.1, -0.05) is 42.5 Å². The molecule has 29 heavy (non-hydrogen) atoms. The molecule has 0 spiro atoms. The Hall–Kier alpha value is -3.10. The Morgan fingerprint density at radius 1 is 0.862 bits per heavy atom. The summed E-state index contributed by atoms with van der Waals surface area (Å²) in [5.41, 5.74) is 0.472. The van der Waals surface area contributed by atoms with Crippen molar-refractivity contribution in [3.05, 3.63) is 95.6 Å². The minimum absolute atomic E-state index is 0.153. The average Bonchev–Trinajstić information content (AvgIpc) is 2.70. The highest BCUT2D eigenvalue weighted by atomic mass is 32.2. The van der Waals surface area contributed by atoms with Gasteiger partial charge >= 0.3 is 0 Å². The smallest absolute Gasteiger partial charge is 0.258 e. The van der Waals surface area contributed by atoms with Crippen LogP contribution in [-0.4, -0.2) is 20.9 Å². The summed E-state index contributed by atoms with van der Waals surface area (Å²) in [5, 5.41) is 2.24. The molecule has 3 rings (SSSR count). The minimum Gasteiger partial charge on any atom is -0.319 e. The molecule has 0 unspecified atom stereocenters. The van der Waals surface area contributed by atoms with Gasteiger partial charge in [-0.2, -0.15) is 0 Å². The van der Waals surface area contributed by atoms with Crippen LogP contribution in [0.3, 0.4) is 0 Å². The summed E-state index contributed by atoms with van der Waals surface area (Å²) in [6.07, 6.45) is 0.485. The summed E-state index contributed by atoms with van der Waals surface area (Å²) in [6, 6.07) is 17.7. The van der Waals surface area contributed by atoms with Crippen molar-refractivity contribution in [2.75, 3.05) is 11.9 Å². The first-order chi connectivity index (χ1) is 13.9. The van der Waals surface area contributed by atoms with Crippen LogP contribution in [0.5, 0.6) is 0 Å². The van der Waals surface area contributed by atoms with Crippen molar-refractivity contribution in [1.29, 1.82) is 0 Å². The van der Waals surface area contributed by atoms with Gasteiger partial charge in [0.2, 0.25) is 10.0 Å². The SMILES string of the molecule is O=C(Nc1ccc(S(=O)(=O)NCCc2ccccc2)cc1F)c1ccccc1F. The highest BCUT2D eigenvalue weighted by molar-refractivity contribution is 7.89. The molecular weight excluding hydrogens is 398 g/mol. The number of amides is 1. The Morgan fingerprint density at radius 3 is 2.24 bits per heavy atom. The Kier molecular flexibility index (Phi) is 6.36. The molecule has 2 N–H and O–H groups in total. The Morgan fingerprint density at radius 2 is 1.55 bits per heavy atom. The molecule has 0 saturated carbocycles. The monoisotopic (exact) mass is 416 g/mol. The molecule has 5 nitrogen and oxygen atoms in total. The first kappa shape index (κ1) is 20.6. The lowest BCUT2D eigenvalue weighted by atomic mass is 10.2. The highest BCUT2D eigenvalue weighted by Gasteiger charge is 2.18. The lowest BCUT2D eigenvalue weighted by molar-refractivity contribution is 0.102. The largest absolute Gasteiger partial charge is 0.319 e. The van der Waals surface area contributed by atoms with E-state index >= 15 is 0 Å². The normalized spacial score (nSPS) is 11.2. The maximum Gasteiger partial charge on any atom is 0.258 e. The van der Waals surface area contributed by atoms with E-state index in [0.29, 0.717) is 6.42 Å². The summed E-state index contributed by atoms with van der Waals surface area (Å²) in [5.74, 6) is -2.52. The van der Waals surface area contributed by atoms with E-state index in [1.54, 1.807) is 0 Å². The van der Waals surface area contributed by atoms with Crippen LogP contribution in [0.2, 0.25) is 0 Å². The zero-order chi connectivity index (χ0) is 20.9. The molecule has 150 valence electrons. The van der Waals surface area contributed by atoms with Gasteiger partial charge in [0.1, 0.15) is 11.6 Å². The number of nitrogens with one attached hydrogen (secondary N) is 2. The molecule has 0 heterocycles.